The lowest BCUT2D eigenvalue weighted by atomic mass is 9.99. The molecule has 2 aromatic heterocycles. The molecule has 0 unspecified atom stereocenters. The van der Waals surface area contributed by atoms with Crippen LogP contribution in [0.3, 0.4) is 0 Å². The molecule has 2 aromatic rings. The summed E-state index contributed by atoms with van der Waals surface area (Å²) in [7, 11) is 2.05. The second kappa shape index (κ2) is 6.45. The van der Waals surface area contributed by atoms with E-state index in [1.807, 2.05) is 32.1 Å². The van der Waals surface area contributed by atoms with Gasteiger partial charge in [0.25, 0.3) is 0 Å². The van der Waals surface area contributed by atoms with E-state index in [0.717, 1.165) is 36.1 Å². The number of allylic oxidation sites excluding steroid dienone is 1. The van der Waals surface area contributed by atoms with Crippen molar-refractivity contribution in [1.29, 1.82) is 0 Å². The predicted octanol–water partition coefficient (Wildman–Crippen LogP) is 2.08. The summed E-state index contributed by atoms with van der Waals surface area (Å²) in [6.45, 7) is 9.48. The highest BCUT2D eigenvalue weighted by atomic mass is 15.3. The van der Waals surface area contributed by atoms with Crippen molar-refractivity contribution in [3.63, 3.8) is 0 Å². The van der Waals surface area contributed by atoms with Crippen LogP contribution in [0.5, 0.6) is 0 Å². The first-order valence-corrected chi connectivity index (χ1v) is 7.96. The molecule has 0 amide bonds. The Morgan fingerprint density at radius 1 is 1.33 bits per heavy atom. The Labute approximate surface area is 141 Å². The molecular formula is C17H23N7. The molecule has 1 aliphatic heterocycles. The maximum absolute atomic E-state index is 5.46. The van der Waals surface area contributed by atoms with E-state index in [4.69, 9.17) is 10.8 Å². The Hall–Kier alpha value is -2.67. The first-order chi connectivity index (χ1) is 11.6. The second-order valence-corrected chi connectivity index (χ2v) is 5.91. The molecule has 0 bridgehead atoms. The largest absolute Gasteiger partial charge is 0.355 e. The lowest BCUT2D eigenvalue weighted by Crippen LogP contribution is -2.46. The van der Waals surface area contributed by atoms with Gasteiger partial charge in [0, 0.05) is 26.2 Å². The normalized spacial score (nSPS) is 14.9. The van der Waals surface area contributed by atoms with Crippen LogP contribution in [0, 0.1) is 6.92 Å². The summed E-state index contributed by atoms with van der Waals surface area (Å²) in [5.41, 5.74) is 4.60. The zero-order chi connectivity index (χ0) is 17.3. The van der Waals surface area contributed by atoms with E-state index in [2.05, 4.69) is 44.6 Å². The Morgan fingerprint density at radius 3 is 2.71 bits per heavy atom. The van der Waals surface area contributed by atoms with Gasteiger partial charge in [-0.15, -0.1) is 0 Å². The van der Waals surface area contributed by atoms with Crippen LogP contribution >= 0.6 is 0 Å². The standard InChI is InChI=1S/C17H23N7/c1-5-7-14-13(6-2)21-17(23(14)4)12-9-24(10-12)16-8-15(22-18)19-11(3)20-16/h5-8,12H,2,9-10,18H2,1,3-4H3,(H,19,20,22). The average Bonchev–Trinajstić information content (AvgIpc) is 2.83. The molecule has 0 spiro atoms. The van der Waals surface area contributed by atoms with Crippen molar-refractivity contribution in [1.82, 2.24) is 19.5 Å². The molecule has 3 heterocycles. The van der Waals surface area contributed by atoms with Crippen molar-refractivity contribution < 1.29 is 0 Å². The van der Waals surface area contributed by atoms with Crippen LogP contribution in [0.4, 0.5) is 11.6 Å². The highest BCUT2D eigenvalue weighted by Gasteiger charge is 2.33. The molecule has 3 rings (SSSR count). The molecule has 0 atom stereocenters. The number of rotatable bonds is 5. The Kier molecular flexibility index (Phi) is 4.35. The quantitative estimate of drug-likeness (QED) is 0.647. The highest BCUT2D eigenvalue weighted by Crippen LogP contribution is 2.32. The molecule has 3 N–H and O–H groups in total. The lowest BCUT2D eigenvalue weighted by Gasteiger charge is -2.39. The van der Waals surface area contributed by atoms with Crippen molar-refractivity contribution in [3.05, 3.63) is 41.8 Å². The van der Waals surface area contributed by atoms with Gasteiger partial charge in [0.05, 0.1) is 17.3 Å². The van der Waals surface area contributed by atoms with Crippen LogP contribution in [-0.4, -0.2) is 32.6 Å². The van der Waals surface area contributed by atoms with Crippen LogP contribution < -0.4 is 16.2 Å². The maximum atomic E-state index is 5.46. The number of nitrogens with one attached hydrogen (secondary N) is 1. The van der Waals surface area contributed by atoms with Gasteiger partial charge in [-0.25, -0.2) is 20.8 Å². The summed E-state index contributed by atoms with van der Waals surface area (Å²) in [5, 5.41) is 0. The number of nitrogen functional groups attached to an aromatic ring is 1. The minimum Gasteiger partial charge on any atom is -0.355 e. The third-order valence-electron chi connectivity index (χ3n) is 4.26. The van der Waals surface area contributed by atoms with Gasteiger partial charge in [0.2, 0.25) is 0 Å². The van der Waals surface area contributed by atoms with Crippen LogP contribution in [-0.2, 0) is 7.05 Å². The fourth-order valence-electron chi connectivity index (χ4n) is 3.04. The molecule has 7 heteroatoms. The number of hydrogen-bond donors (Lipinski definition) is 2. The van der Waals surface area contributed by atoms with Crippen LogP contribution in [0.25, 0.3) is 12.2 Å². The SMILES string of the molecule is C=Cc1nc(C2CN(c3cc(NN)nc(C)n3)C2)n(C)c1C=CC. The number of nitrogens with zero attached hydrogens (tertiary/aromatic N) is 5. The highest BCUT2D eigenvalue weighted by molar-refractivity contribution is 5.60. The lowest BCUT2D eigenvalue weighted by molar-refractivity contribution is 0.483. The van der Waals surface area contributed by atoms with E-state index in [1.54, 1.807) is 0 Å². The molecule has 0 radical (unpaired) electrons. The summed E-state index contributed by atoms with van der Waals surface area (Å²) >= 11 is 0. The molecule has 1 aliphatic rings. The molecule has 0 aliphatic carbocycles. The molecule has 1 fully saturated rings. The van der Waals surface area contributed by atoms with E-state index >= 15 is 0 Å². The Balaban J connectivity index is 1.80. The molecular weight excluding hydrogens is 302 g/mol. The van der Waals surface area contributed by atoms with Crippen LogP contribution in [0.2, 0.25) is 0 Å². The van der Waals surface area contributed by atoms with E-state index in [0.29, 0.717) is 17.6 Å². The summed E-state index contributed by atoms with van der Waals surface area (Å²) in [5.74, 6) is 9.13. The molecule has 24 heavy (non-hydrogen) atoms. The second-order valence-electron chi connectivity index (χ2n) is 5.91. The van der Waals surface area contributed by atoms with E-state index in [1.165, 1.54) is 0 Å². The average molecular weight is 325 g/mol. The monoisotopic (exact) mass is 325 g/mol. The van der Waals surface area contributed by atoms with E-state index < -0.39 is 0 Å². The number of aromatic nitrogens is 4. The zero-order valence-electron chi connectivity index (χ0n) is 14.3. The summed E-state index contributed by atoms with van der Waals surface area (Å²) < 4.78 is 2.15. The molecule has 0 aromatic carbocycles. The topological polar surface area (TPSA) is 84.9 Å². The van der Waals surface area contributed by atoms with Crippen LogP contribution in [0.1, 0.15) is 35.9 Å². The van der Waals surface area contributed by atoms with Gasteiger partial charge in [-0.2, -0.15) is 0 Å². The van der Waals surface area contributed by atoms with E-state index in [9.17, 15) is 0 Å². The number of aryl methyl sites for hydroxylation is 1. The van der Waals surface area contributed by atoms with Crippen molar-refractivity contribution >= 4 is 23.8 Å². The third-order valence-corrected chi connectivity index (χ3v) is 4.26. The smallest absolute Gasteiger partial charge is 0.145 e. The van der Waals surface area contributed by atoms with Gasteiger partial charge in [-0.1, -0.05) is 12.7 Å². The summed E-state index contributed by atoms with van der Waals surface area (Å²) in [6, 6.07) is 1.86. The van der Waals surface area contributed by atoms with Gasteiger partial charge in [-0.05, 0) is 26.0 Å². The number of hydrazine groups is 1. The minimum atomic E-state index is 0.372. The first kappa shape index (κ1) is 16.2. The molecule has 1 saturated heterocycles. The summed E-state index contributed by atoms with van der Waals surface area (Å²) in [4.78, 5) is 15.7. The van der Waals surface area contributed by atoms with Gasteiger partial charge < -0.3 is 14.9 Å². The van der Waals surface area contributed by atoms with E-state index in [-0.39, 0.29) is 0 Å². The van der Waals surface area contributed by atoms with Crippen molar-refractivity contribution in [2.75, 3.05) is 23.4 Å². The third kappa shape index (κ3) is 2.78. The fourth-order valence-corrected chi connectivity index (χ4v) is 3.04. The summed E-state index contributed by atoms with van der Waals surface area (Å²) in [6.07, 6.45) is 5.89. The number of anilines is 2. The van der Waals surface area contributed by atoms with Crippen molar-refractivity contribution in [2.24, 2.45) is 12.9 Å². The molecule has 7 nitrogen and oxygen atoms in total. The predicted molar refractivity (Wildman–Crippen MR) is 97.5 cm³/mol. The number of imidazole rings is 1. The number of nitrogens with two attached hydrogens (primary N) is 1. The number of hydrogen-bond acceptors (Lipinski definition) is 6. The van der Waals surface area contributed by atoms with Gasteiger partial charge >= 0.3 is 0 Å². The fraction of sp³-hybridized carbons (Fsp3) is 0.353. The van der Waals surface area contributed by atoms with Crippen molar-refractivity contribution in [3.8, 4) is 0 Å². The first-order valence-electron chi connectivity index (χ1n) is 7.96. The maximum Gasteiger partial charge on any atom is 0.145 e. The van der Waals surface area contributed by atoms with Gasteiger partial charge in [0.1, 0.15) is 23.3 Å². The Bertz CT molecular complexity index is 784. The van der Waals surface area contributed by atoms with Crippen LogP contribution in [0.15, 0.2) is 18.7 Å². The van der Waals surface area contributed by atoms with Crippen molar-refractivity contribution in [2.45, 2.75) is 19.8 Å². The van der Waals surface area contributed by atoms with Gasteiger partial charge in [0.15, 0.2) is 0 Å². The molecule has 126 valence electrons. The zero-order valence-corrected chi connectivity index (χ0v) is 14.3. The molecule has 0 saturated carbocycles. The minimum absolute atomic E-state index is 0.372. The Morgan fingerprint density at radius 2 is 2.08 bits per heavy atom. The van der Waals surface area contributed by atoms with Gasteiger partial charge in [-0.3, -0.25) is 0 Å².